The first-order chi connectivity index (χ1) is 8.20. The van der Waals surface area contributed by atoms with Gasteiger partial charge in [-0.15, -0.1) is 0 Å². The van der Waals surface area contributed by atoms with E-state index in [4.69, 9.17) is 0 Å². The molecule has 94 valence electrons. The van der Waals surface area contributed by atoms with Crippen molar-refractivity contribution < 1.29 is 9.50 Å². The van der Waals surface area contributed by atoms with Gasteiger partial charge in [-0.1, -0.05) is 22.4 Å². The number of aliphatic hydroxyl groups is 1. The van der Waals surface area contributed by atoms with E-state index in [1.807, 2.05) is 0 Å². The predicted octanol–water partition coefficient (Wildman–Crippen LogP) is 2.84. The van der Waals surface area contributed by atoms with Gasteiger partial charge < -0.3 is 10.4 Å². The zero-order valence-corrected chi connectivity index (χ0v) is 11.2. The van der Waals surface area contributed by atoms with Crippen molar-refractivity contribution in [2.45, 2.75) is 31.8 Å². The van der Waals surface area contributed by atoms with Gasteiger partial charge in [-0.05, 0) is 42.5 Å². The van der Waals surface area contributed by atoms with E-state index in [-0.39, 0.29) is 12.4 Å². The molecule has 1 aromatic rings. The number of benzene rings is 1. The standard InChI is InChI=1S/C13H17BrFNO/c14-12-5-4-11(15)6-10(12)7-16-13-3-1-2-9(13)8-17/h4-6,9,13,16-17H,1-3,7-8H2. The van der Waals surface area contributed by atoms with Crippen LogP contribution in [0.15, 0.2) is 22.7 Å². The molecule has 2 rings (SSSR count). The molecule has 0 heterocycles. The number of halogens is 2. The van der Waals surface area contributed by atoms with Gasteiger partial charge in [0.15, 0.2) is 0 Å². The Morgan fingerprint density at radius 1 is 1.41 bits per heavy atom. The Labute approximate surface area is 109 Å². The van der Waals surface area contributed by atoms with Gasteiger partial charge in [-0.2, -0.15) is 0 Å². The minimum absolute atomic E-state index is 0.213. The second-order valence-electron chi connectivity index (χ2n) is 4.60. The molecule has 2 atom stereocenters. The van der Waals surface area contributed by atoms with E-state index in [1.54, 1.807) is 12.1 Å². The maximum absolute atomic E-state index is 13.1. The third kappa shape index (κ3) is 3.27. The number of rotatable bonds is 4. The molecule has 1 aromatic carbocycles. The zero-order valence-electron chi connectivity index (χ0n) is 9.63. The Bertz CT molecular complexity index is 386. The Kier molecular flexibility index (Phi) is 4.54. The van der Waals surface area contributed by atoms with Gasteiger partial charge in [0.25, 0.3) is 0 Å². The molecule has 1 aliphatic carbocycles. The molecule has 1 fully saturated rings. The lowest BCUT2D eigenvalue weighted by atomic mass is 10.0. The number of aliphatic hydroxyl groups excluding tert-OH is 1. The molecule has 2 nitrogen and oxygen atoms in total. The van der Waals surface area contributed by atoms with E-state index in [0.29, 0.717) is 18.5 Å². The smallest absolute Gasteiger partial charge is 0.123 e. The first-order valence-electron chi connectivity index (χ1n) is 5.99. The summed E-state index contributed by atoms with van der Waals surface area (Å²) in [4.78, 5) is 0. The molecular weight excluding hydrogens is 285 g/mol. The minimum Gasteiger partial charge on any atom is -0.396 e. The fourth-order valence-electron chi connectivity index (χ4n) is 2.44. The van der Waals surface area contributed by atoms with Crippen molar-refractivity contribution in [2.24, 2.45) is 5.92 Å². The molecular formula is C13H17BrFNO. The quantitative estimate of drug-likeness (QED) is 0.896. The van der Waals surface area contributed by atoms with E-state index in [0.717, 1.165) is 29.3 Å². The highest BCUT2D eigenvalue weighted by molar-refractivity contribution is 9.10. The van der Waals surface area contributed by atoms with Crippen LogP contribution in [0.1, 0.15) is 24.8 Å². The number of hydrogen-bond donors (Lipinski definition) is 2. The fraction of sp³-hybridized carbons (Fsp3) is 0.538. The zero-order chi connectivity index (χ0) is 12.3. The summed E-state index contributed by atoms with van der Waals surface area (Å²) in [5, 5.41) is 12.6. The largest absolute Gasteiger partial charge is 0.396 e. The average Bonchev–Trinajstić information content (AvgIpc) is 2.77. The maximum atomic E-state index is 13.1. The maximum Gasteiger partial charge on any atom is 0.123 e. The normalized spacial score (nSPS) is 24.2. The summed E-state index contributed by atoms with van der Waals surface area (Å²) in [6, 6.07) is 5.07. The highest BCUT2D eigenvalue weighted by atomic mass is 79.9. The second-order valence-corrected chi connectivity index (χ2v) is 5.45. The summed E-state index contributed by atoms with van der Waals surface area (Å²) in [5.41, 5.74) is 0.925. The summed E-state index contributed by atoms with van der Waals surface area (Å²) in [6.07, 6.45) is 3.34. The molecule has 0 radical (unpaired) electrons. The average molecular weight is 302 g/mol. The molecule has 0 spiro atoms. The highest BCUT2D eigenvalue weighted by Crippen LogP contribution is 2.26. The number of hydrogen-bond acceptors (Lipinski definition) is 2. The lowest BCUT2D eigenvalue weighted by Gasteiger charge is -2.19. The van der Waals surface area contributed by atoms with E-state index in [1.165, 1.54) is 6.07 Å². The summed E-state index contributed by atoms with van der Waals surface area (Å²) in [7, 11) is 0. The summed E-state index contributed by atoms with van der Waals surface area (Å²) in [6.45, 7) is 0.876. The van der Waals surface area contributed by atoms with Crippen molar-refractivity contribution in [3.8, 4) is 0 Å². The van der Waals surface area contributed by atoms with Gasteiger partial charge in [0.05, 0.1) is 0 Å². The molecule has 2 N–H and O–H groups in total. The van der Waals surface area contributed by atoms with Crippen molar-refractivity contribution in [3.05, 3.63) is 34.1 Å². The van der Waals surface area contributed by atoms with Gasteiger partial charge in [0.1, 0.15) is 5.82 Å². The molecule has 0 bridgehead atoms. The Balaban J connectivity index is 1.95. The molecule has 0 aromatic heterocycles. The van der Waals surface area contributed by atoms with Crippen LogP contribution < -0.4 is 5.32 Å². The molecule has 1 aliphatic rings. The van der Waals surface area contributed by atoms with Gasteiger partial charge in [-0.3, -0.25) is 0 Å². The van der Waals surface area contributed by atoms with Crippen molar-refractivity contribution in [1.29, 1.82) is 0 Å². The molecule has 17 heavy (non-hydrogen) atoms. The van der Waals surface area contributed by atoms with Crippen molar-refractivity contribution in [3.63, 3.8) is 0 Å². The third-order valence-corrected chi connectivity index (χ3v) is 4.23. The molecule has 4 heteroatoms. The SMILES string of the molecule is OCC1CCCC1NCc1cc(F)ccc1Br. The molecule has 2 unspecified atom stereocenters. The van der Waals surface area contributed by atoms with Crippen LogP contribution >= 0.6 is 15.9 Å². The topological polar surface area (TPSA) is 32.3 Å². The van der Waals surface area contributed by atoms with Gasteiger partial charge in [-0.25, -0.2) is 4.39 Å². The first kappa shape index (κ1) is 13.0. The van der Waals surface area contributed by atoms with Crippen LogP contribution in [0.3, 0.4) is 0 Å². The summed E-state index contributed by atoms with van der Waals surface area (Å²) >= 11 is 3.42. The van der Waals surface area contributed by atoms with Crippen LogP contribution in [-0.2, 0) is 6.54 Å². The number of nitrogens with one attached hydrogen (secondary N) is 1. The van der Waals surface area contributed by atoms with Crippen LogP contribution in [-0.4, -0.2) is 17.8 Å². The molecule has 0 aliphatic heterocycles. The predicted molar refractivity (Wildman–Crippen MR) is 69.2 cm³/mol. The summed E-state index contributed by atoms with van der Waals surface area (Å²) < 4.78 is 14.0. The second kappa shape index (κ2) is 5.94. The Morgan fingerprint density at radius 2 is 2.24 bits per heavy atom. The van der Waals surface area contributed by atoms with Gasteiger partial charge >= 0.3 is 0 Å². The van der Waals surface area contributed by atoms with Crippen LogP contribution in [0.5, 0.6) is 0 Å². The van der Waals surface area contributed by atoms with Crippen molar-refractivity contribution in [1.82, 2.24) is 5.32 Å². The highest BCUT2D eigenvalue weighted by Gasteiger charge is 2.25. The summed E-state index contributed by atoms with van der Waals surface area (Å²) in [5.74, 6) is 0.137. The van der Waals surface area contributed by atoms with Crippen LogP contribution in [0.4, 0.5) is 4.39 Å². The Hall–Kier alpha value is -0.450. The van der Waals surface area contributed by atoms with Crippen LogP contribution in [0.2, 0.25) is 0 Å². The van der Waals surface area contributed by atoms with E-state index in [2.05, 4.69) is 21.2 Å². The third-order valence-electron chi connectivity index (χ3n) is 3.46. The van der Waals surface area contributed by atoms with Crippen molar-refractivity contribution in [2.75, 3.05) is 6.61 Å². The van der Waals surface area contributed by atoms with Gasteiger partial charge in [0.2, 0.25) is 0 Å². The molecule has 1 saturated carbocycles. The Morgan fingerprint density at radius 3 is 3.00 bits per heavy atom. The monoisotopic (exact) mass is 301 g/mol. The minimum atomic E-state index is -0.213. The van der Waals surface area contributed by atoms with E-state index >= 15 is 0 Å². The molecule has 0 saturated heterocycles. The fourth-order valence-corrected chi connectivity index (χ4v) is 2.83. The van der Waals surface area contributed by atoms with E-state index in [9.17, 15) is 9.50 Å². The van der Waals surface area contributed by atoms with Crippen LogP contribution in [0.25, 0.3) is 0 Å². The van der Waals surface area contributed by atoms with E-state index < -0.39 is 0 Å². The lowest BCUT2D eigenvalue weighted by molar-refractivity contribution is 0.205. The lowest BCUT2D eigenvalue weighted by Crippen LogP contribution is -2.33. The molecule has 0 amide bonds. The first-order valence-corrected chi connectivity index (χ1v) is 6.78. The van der Waals surface area contributed by atoms with Crippen LogP contribution in [0, 0.1) is 11.7 Å². The van der Waals surface area contributed by atoms with Gasteiger partial charge in [0, 0.05) is 23.7 Å². The van der Waals surface area contributed by atoms with Crippen molar-refractivity contribution >= 4 is 15.9 Å².